The molecule has 0 spiro atoms. The van der Waals surface area contributed by atoms with Crippen molar-refractivity contribution < 1.29 is 61.0 Å². The zero-order valence-electron chi connectivity index (χ0n) is 24.5. The minimum absolute atomic E-state index is 0.179. The van der Waals surface area contributed by atoms with E-state index in [0.717, 1.165) is 23.9 Å². The third-order valence-corrected chi connectivity index (χ3v) is 7.47. The minimum atomic E-state index is -4.92. The molecule has 0 saturated heterocycles. The van der Waals surface area contributed by atoms with Gasteiger partial charge in [-0.1, -0.05) is 35.9 Å². The maximum absolute atomic E-state index is 14.0. The standard InChI is InChI=1S/C31H27ClF6N2O7/c1-16-3-6-18(11-21(16)30(33,34)35)26-23(46-14-17-4-7-19(32)8-5-17)10-9-20(22-12-24(31(36,37)38)39-40(22)2)27(26)47-28(44)29(45,15-42)25(43)13-41/h3-12,25,41-43,45H,13-15H2,1-2H3. The molecule has 0 aliphatic rings. The number of alkyl halides is 6. The van der Waals surface area contributed by atoms with Gasteiger partial charge in [-0.05, 0) is 60.0 Å². The number of aromatic nitrogens is 2. The molecule has 2 atom stereocenters. The van der Waals surface area contributed by atoms with E-state index >= 15 is 0 Å². The van der Waals surface area contributed by atoms with Crippen LogP contribution >= 0.6 is 11.6 Å². The quantitative estimate of drug-likeness (QED) is 0.100. The number of carbonyl (C=O) groups excluding carboxylic acids is 1. The Morgan fingerprint density at radius 3 is 2.19 bits per heavy atom. The number of aliphatic hydroxyl groups is 4. The van der Waals surface area contributed by atoms with Crippen LogP contribution in [0.1, 0.15) is 22.4 Å². The Balaban J connectivity index is 2.05. The van der Waals surface area contributed by atoms with Crippen molar-refractivity contribution in [2.45, 2.75) is 37.6 Å². The van der Waals surface area contributed by atoms with Gasteiger partial charge in [0.15, 0.2) is 11.4 Å². The molecule has 9 nitrogen and oxygen atoms in total. The van der Waals surface area contributed by atoms with Crippen molar-refractivity contribution in [1.29, 1.82) is 0 Å². The van der Waals surface area contributed by atoms with E-state index in [1.807, 2.05) is 0 Å². The Kier molecular flexibility index (Phi) is 10.3. The second-order valence-electron chi connectivity index (χ2n) is 10.5. The summed E-state index contributed by atoms with van der Waals surface area (Å²) in [6.45, 7) is -1.73. The van der Waals surface area contributed by atoms with Crippen molar-refractivity contribution >= 4 is 17.6 Å². The van der Waals surface area contributed by atoms with Crippen LogP contribution in [0.4, 0.5) is 26.3 Å². The maximum atomic E-state index is 14.0. The molecule has 47 heavy (non-hydrogen) atoms. The summed E-state index contributed by atoms with van der Waals surface area (Å²) >= 11 is 5.94. The molecule has 0 amide bonds. The van der Waals surface area contributed by atoms with Gasteiger partial charge in [0.25, 0.3) is 0 Å². The number of halogens is 7. The maximum Gasteiger partial charge on any atom is 0.435 e. The molecule has 16 heteroatoms. The summed E-state index contributed by atoms with van der Waals surface area (Å²) in [5, 5.41) is 43.9. The highest BCUT2D eigenvalue weighted by molar-refractivity contribution is 6.30. The average molecular weight is 689 g/mol. The van der Waals surface area contributed by atoms with Crippen molar-refractivity contribution in [3.63, 3.8) is 0 Å². The van der Waals surface area contributed by atoms with Crippen molar-refractivity contribution in [3.8, 4) is 33.9 Å². The van der Waals surface area contributed by atoms with Gasteiger partial charge in [-0.25, -0.2) is 4.79 Å². The number of aryl methyl sites for hydroxylation is 2. The van der Waals surface area contributed by atoms with Crippen LogP contribution in [0.3, 0.4) is 0 Å². The van der Waals surface area contributed by atoms with Crippen LogP contribution in [0.15, 0.2) is 60.7 Å². The molecule has 0 radical (unpaired) electrons. The fraction of sp³-hybridized carbons (Fsp3) is 0.290. The van der Waals surface area contributed by atoms with Gasteiger partial charge in [-0.2, -0.15) is 31.4 Å². The van der Waals surface area contributed by atoms with E-state index < -0.39 is 60.2 Å². The summed E-state index contributed by atoms with van der Waals surface area (Å²) in [5.41, 5.74) is -6.55. The molecule has 1 heterocycles. The molecule has 0 aliphatic carbocycles. The van der Waals surface area contributed by atoms with E-state index in [2.05, 4.69) is 5.10 Å². The van der Waals surface area contributed by atoms with Gasteiger partial charge in [0.05, 0.1) is 30.0 Å². The van der Waals surface area contributed by atoms with Crippen molar-refractivity contribution in [2.24, 2.45) is 7.05 Å². The zero-order chi connectivity index (χ0) is 34.9. The van der Waals surface area contributed by atoms with Gasteiger partial charge in [-0.15, -0.1) is 0 Å². The molecular formula is C31H27ClF6N2O7. The first-order valence-corrected chi connectivity index (χ1v) is 14.0. The minimum Gasteiger partial charge on any atom is -0.488 e. The molecule has 2 unspecified atom stereocenters. The van der Waals surface area contributed by atoms with Gasteiger partial charge < -0.3 is 29.9 Å². The first-order valence-electron chi connectivity index (χ1n) is 13.6. The molecule has 252 valence electrons. The first-order chi connectivity index (χ1) is 21.9. The Morgan fingerprint density at radius 2 is 1.64 bits per heavy atom. The number of esters is 1. The molecule has 0 bridgehead atoms. The number of nitrogens with zero attached hydrogens (tertiary/aromatic N) is 2. The Bertz CT molecular complexity index is 1760. The number of carbonyl (C=O) groups is 1. The highest BCUT2D eigenvalue weighted by Crippen LogP contribution is 2.48. The van der Waals surface area contributed by atoms with Gasteiger partial charge in [-0.3, -0.25) is 4.68 Å². The fourth-order valence-corrected chi connectivity index (χ4v) is 4.71. The summed E-state index contributed by atoms with van der Waals surface area (Å²) in [7, 11) is 1.13. The van der Waals surface area contributed by atoms with Crippen LogP contribution in [0.25, 0.3) is 22.4 Å². The highest BCUT2D eigenvalue weighted by atomic mass is 35.5. The molecule has 4 aromatic rings. The Labute approximate surface area is 268 Å². The van der Waals surface area contributed by atoms with Gasteiger partial charge in [0.2, 0.25) is 5.60 Å². The van der Waals surface area contributed by atoms with E-state index in [4.69, 9.17) is 21.1 Å². The van der Waals surface area contributed by atoms with E-state index in [9.17, 15) is 51.6 Å². The predicted octanol–water partition coefficient (Wildman–Crippen LogP) is 5.31. The summed E-state index contributed by atoms with van der Waals surface area (Å²) < 4.78 is 95.2. The van der Waals surface area contributed by atoms with Crippen LogP contribution in [-0.2, 0) is 30.8 Å². The molecular weight excluding hydrogens is 662 g/mol. The summed E-state index contributed by atoms with van der Waals surface area (Å²) in [6.07, 6.45) is -12.1. The first kappa shape index (κ1) is 35.7. The predicted molar refractivity (Wildman–Crippen MR) is 155 cm³/mol. The summed E-state index contributed by atoms with van der Waals surface area (Å²) in [5.74, 6) is -2.72. The normalized spacial score (nSPS) is 14.1. The number of hydrogen-bond donors (Lipinski definition) is 4. The molecule has 4 N–H and O–H groups in total. The summed E-state index contributed by atoms with van der Waals surface area (Å²) in [6, 6.07) is 12.3. The lowest BCUT2D eigenvalue weighted by molar-refractivity contribution is -0.178. The molecule has 4 rings (SSSR count). The third-order valence-electron chi connectivity index (χ3n) is 7.22. The van der Waals surface area contributed by atoms with E-state index in [0.29, 0.717) is 22.7 Å². The van der Waals surface area contributed by atoms with Crippen LogP contribution in [0, 0.1) is 6.92 Å². The SMILES string of the molecule is Cc1ccc(-c2c(OCc3ccc(Cl)cc3)ccc(-c3cc(C(F)(F)F)nn3C)c2OC(=O)C(O)(CO)C(O)CO)cc1C(F)(F)F. The lowest BCUT2D eigenvalue weighted by Gasteiger charge is -2.28. The van der Waals surface area contributed by atoms with Gasteiger partial charge in [0.1, 0.15) is 18.5 Å². The van der Waals surface area contributed by atoms with Crippen LogP contribution in [0.5, 0.6) is 11.5 Å². The third kappa shape index (κ3) is 7.55. The van der Waals surface area contributed by atoms with Gasteiger partial charge in [0, 0.05) is 17.6 Å². The number of hydrogen-bond acceptors (Lipinski definition) is 8. The molecule has 0 fully saturated rings. The smallest absolute Gasteiger partial charge is 0.435 e. The van der Waals surface area contributed by atoms with Crippen molar-refractivity contribution in [2.75, 3.05) is 13.2 Å². The summed E-state index contributed by atoms with van der Waals surface area (Å²) in [4.78, 5) is 13.3. The molecule has 3 aromatic carbocycles. The zero-order valence-corrected chi connectivity index (χ0v) is 25.3. The molecule has 0 saturated carbocycles. The van der Waals surface area contributed by atoms with Crippen LogP contribution < -0.4 is 9.47 Å². The number of benzene rings is 3. The monoisotopic (exact) mass is 688 g/mol. The lowest BCUT2D eigenvalue weighted by Crippen LogP contribution is -2.56. The largest absolute Gasteiger partial charge is 0.488 e. The van der Waals surface area contributed by atoms with E-state index in [-0.39, 0.29) is 40.3 Å². The van der Waals surface area contributed by atoms with Crippen LogP contribution in [0.2, 0.25) is 5.02 Å². The molecule has 1 aromatic heterocycles. The lowest BCUT2D eigenvalue weighted by atomic mass is 9.94. The highest BCUT2D eigenvalue weighted by Gasteiger charge is 2.46. The van der Waals surface area contributed by atoms with E-state index in [1.165, 1.54) is 19.1 Å². The fourth-order valence-electron chi connectivity index (χ4n) is 4.59. The van der Waals surface area contributed by atoms with Crippen LogP contribution in [-0.4, -0.2) is 61.1 Å². The van der Waals surface area contributed by atoms with Gasteiger partial charge >= 0.3 is 18.3 Å². The van der Waals surface area contributed by atoms with E-state index in [1.54, 1.807) is 24.3 Å². The topological polar surface area (TPSA) is 134 Å². The van der Waals surface area contributed by atoms with Crippen molar-refractivity contribution in [3.05, 3.63) is 88.1 Å². The number of rotatable bonds is 10. The number of aliphatic hydroxyl groups excluding tert-OH is 3. The second kappa shape index (κ2) is 13.5. The van der Waals surface area contributed by atoms with Crippen molar-refractivity contribution in [1.82, 2.24) is 9.78 Å². The number of ether oxygens (including phenoxy) is 2. The second-order valence-corrected chi connectivity index (χ2v) is 10.9. The average Bonchev–Trinajstić information content (AvgIpc) is 3.41. The Morgan fingerprint density at radius 1 is 0.979 bits per heavy atom. The Hall–Kier alpha value is -4.15. The molecule has 0 aliphatic heterocycles.